The SMILES string of the molecule is Cc1ccc(C(=O)O)cc1C(O)C(O)CCN. The quantitative estimate of drug-likeness (QED) is 0.596. The van der Waals surface area contributed by atoms with Gasteiger partial charge in [-0.25, -0.2) is 4.79 Å². The lowest BCUT2D eigenvalue weighted by Gasteiger charge is -2.19. The normalized spacial score (nSPS) is 14.4. The molecule has 0 aliphatic rings. The lowest BCUT2D eigenvalue weighted by molar-refractivity contribution is 0.0146. The second-order valence-electron chi connectivity index (χ2n) is 3.97. The Morgan fingerprint density at radius 3 is 2.59 bits per heavy atom. The number of rotatable bonds is 5. The monoisotopic (exact) mass is 239 g/mol. The highest BCUT2D eigenvalue weighted by Crippen LogP contribution is 2.23. The number of hydrogen-bond donors (Lipinski definition) is 4. The smallest absolute Gasteiger partial charge is 0.335 e. The molecule has 1 aromatic carbocycles. The van der Waals surface area contributed by atoms with Crippen molar-refractivity contribution in [3.8, 4) is 0 Å². The maximum absolute atomic E-state index is 10.8. The van der Waals surface area contributed by atoms with E-state index in [1.54, 1.807) is 13.0 Å². The maximum atomic E-state index is 10.8. The zero-order valence-electron chi connectivity index (χ0n) is 9.63. The highest BCUT2D eigenvalue weighted by molar-refractivity contribution is 5.87. The van der Waals surface area contributed by atoms with Crippen LogP contribution in [0.25, 0.3) is 0 Å². The van der Waals surface area contributed by atoms with Gasteiger partial charge in [-0.2, -0.15) is 0 Å². The zero-order chi connectivity index (χ0) is 13.0. The second-order valence-corrected chi connectivity index (χ2v) is 3.97. The van der Waals surface area contributed by atoms with Crippen molar-refractivity contribution < 1.29 is 20.1 Å². The number of carbonyl (C=O) groups is 1. The minimum absolute atomic E-state index is 0.0876. The fourth-order valence-corrected chi connectivity index (χ4v) is 1.63. The van der Waals surface area contributed by atoms with Crippen LogP contribution in [0.5, 0.6) is 0 Å². The summed E-state index contributed by atoms with van der Waals surface area (Å²) < 4.78 is 0. The Hall–Kier alpha value is -1.43. The molecule has 0 aliphatic carbocycles. The van der Waals surface area contributed by atoms with Crippen LogP contribution < -0.4 is 5.73 Å². The van der Waals surface area contributed by atoms with Gasteiger partial charge in [0, 0.05) is 0 Å². The summed E-state index contributed by atoms with van der Waals surface area (Å²) in [6, 6.07) is 4.45. The van der Waals surface area contributed by atoms with Gasteiger partial charge < -0.3 is 21.1 Å². The van der Waals surface area contributed by atoms with Gasteiger partial charge in [-0.05, 0) is 43.1 Å². The highest BCUT2D eigenvalue weighted by Gasteiger charge is 2.20. The Morgan fingerprint density at radius 1 is 1.41 bits per heavy atom. The predicted molar refractivity (Wildman–Crippen MR) is 62.8 cm³/mol. The van der Waals surface area contributed by atoms with Gasteiger partial charge in [-0.3, -0.25) is 0 Å². The molecule has 5 heteroatoms. The Labute approximate surface area is 99.5 Å². The van der Waals surface area contributed by atoms with Crippen molar-refractivity contribution in [1.82, 2.24) is 0 Å². The van der Waals surface area contributed by atoms with Gasteiger partial charge >= 0.3 is 5.97 Å². The van der Waals surface area contributed by atoms with Crippen molar-refractivity contribution in [3.63, 3.8) is 0 Å². The largest absolute Gasteiger partial charge is 0.478 e. The number of aliphatic hydroxyl groups is 2. The number of nitrogens with two attached hydrogens (primary N) is 1. The molecule has 0 saturated carbocycles. The second kappa shape index (κ2) is 5.77. The molecule has 17 heavy (non-hydrogen) atoms. The summed E-state index contributed by atoms with van der Waals surface area (Å²) in [5.41, 5.74) is 6.54. The van der Waals surface area contributed by atoms with E-state index >= 15 is 0 Å². The topological polar surface area (TPSA) is 104 Å². The Bertz CT molecular complexity index is 405. The van der Waals surface area contributed by atoms with Gasteiger partial charge in [-0.1, -0.05) is 6.07 Å². The Balaban J connectivity index is 3.03. The fourth-order valence-electron chi connectivity index (χ4n) is 1.63. The van der Waals surface area contributed by atoms with Crippen molar-refractivity contribution in [2.45, 2.75) is 25.6 Å². The van der Waals surface area contributed by atoms with Gasteiger partial charge in [0.25, 0.3) is 0 Å². The van der Waals surface area contributed by atoms with Crippen LogP contribution in [-0.4, -0.2) is 33.9 Å². The van der Waals surface area contributed by atoms with Gasteiger partial charge in [0.05, 0.1) is 11.7 Å². The van der Waals surface area contributed by atoms with Crippen LogP contribution >= 0.6 is 0 Å². The first-order valence-corrected chi connectivity index (χ1v) is 5.37. The number of carboxylic acids is 1. The number of aliphatic hydroxyl groups excluding tert-OH is 2. The summed E-state index contributed by atoms with van der Waals surface area (Å²) >= 11 is 0. The summed E-state index contributed by atoms with van der Waals surface area (Å²) in [7, 11) is 0. The molecule has 2 unspecified atom stereocenters. The number of benzene rings is 1. The molecule has 0 saturated heterocycles. The molecule has 0 fully saturated rings. The first-order chi connectivity index (χ1) is 7.97. The van der Waals surface area contributed by atoms with Crippen LogP contribution in [0, 0.1) is 6.92 Å². The van der Waals surface area contributed by atoms with Crippen LogP contribution in [0.3, 0.4) is 0 Å². The lowest BCUT2D eigenvalue weighted by atomic mass is 9.96. The van der Waals surface area contributed by atoms with Crippen molar-refractivity contribution in [2.24, 2.45) is 5.73 Å². The van der Waals surface area contributed by atoms with Crippen LogP contribution in [0.2, 0.25) is 0 Å². The molecule has 0 bridgehead atoms. The van der Waals surface area contributed by atoms with Crippen molar-refractivity contribution in [3.05, 3.63) is 34.9 Å². The van der Waals surface area contributed by atoms with Crippen molar-refractivity contribution >= 4 is 5.97 Å². The lowest BCUT2D eigenvalue weighted by Crippen LogP contribution is -2.22. The van der Waals surface area contributed by atoms with Crippen molar-refractivity contribution in [2.75, 3.05) is 6.54 Å². The third kappa shape index (κ3) is 3.26. The average Bonchev–Trinajstić information content (AvgIpc) is 2.28. The molecule has 0 spiro atoms. The Kier molecular flexibility index (Phi) is 4.62. The molecular weight excluding hydrogens is 222 g/mol. The number of aryl methyl sites for hydroxylation is 1. The van der Waals surface area contributed by atoms with E-state index in [0.29, 0.717) is 5.56 Å². The first-order valence-electron chi connectivity index (χ1n) is 5.37. The van der Waals surface area contributed by atoms with E-state index in [1.807, 2.05) is 0 Å². The van der Waals surface area contributed by atoms with E-state index in [0.717, 1.165) is 5.56 Å². The van der Waals surface area contributed by atoms with E-state index in [4.69, 9.17) is 10.8 Å². The molecule has 2 atom stereocenters. The molecule has 0 aliphatic heterocycles. The summed E-state index contributed by atoms with van der Waals surface area (Å²) in [6.07, 6.45) is -1.83. The summed E-state index contributed by atoms with van der Waals surface area (Å²) in [5.74, 6) is -1.06. The predicted octanol–water partition coefficient (Wildman–Crippen LogP) is 0.436. The minimum Gasteiger partial charge on any atom is -0.478 e. The molecule has 0 amide bonds. The van der Waals surface area contributed by atoms with Crippen LogP contribution in [-0.2, 0) is 0 Å². The minimum atomic E-state index is -1.11. The summed E-state index contributed by atoms with van der Waals surface area (Å²) in [4.78, 5) is 10.8. The van der Waals surface area contributed by atoms with E-state index in [-0.39, 0.29) is 18.5 Å². The fraction of sp³-hybridized carbons (Fsp3) is 0.417. The van der Waals surface area contributed by atoms with Gasteiger partial charge in [-0.15, -0.1) is 0 Å². The standard InChI is InChI=1S/C12H17NO4/c1-7-2-3-8(12(16)17)6-9(7)11(15)10(14)4-5-13/h2-3,6,10-11,14-15H,4-5,13H2,1H3,(H,16,17). The van der Waals surface area contributed by atoms with Gasteiger partial charge in [0.1, 0.15) is 6.10 Å². The van der Waals surface area contributed by atoms with Crippen LogP contribution in [0.4, 0.5) is 0 Å². The maximum Gasteiger partial charge on any atom is 0.335 e. The van der Waals surface area contributed by atoms with Crippen LogP contribution in [0.15, 0.2) is 18.2 Å². The number of carboxylic acid groups (broad SMARTS) is 1. The summed E-state index contributed by atoms with van der Waals surface area (Å²) in [5, 5.41) is 28.4. The molecule has 5 N–H and O–H groups in total. The van der Waals surface area contributed by atoms with Gasteiger partial charge in [0.15, 0.2) is 0 Å². The van der Waals surface area contributed by atoms with Crippen LogP contribution in [0.1, 0.15) is 34.0 Å². The molecular formula is C12H17NO4. The third-order valence-electron chi connectivity index (χ3n) is 2.67. The van der Waals surface area contributed by atoms with Crippen molar-refractivity contribution in [1.29, 1.82) is 0 Å². The molecule has 1 aromatic rings. The van der Waals surface area contributed by atoms with Gasteiger partial charge in [0.2, 0.25) is 0 Å². The van der Waals surface area contributed by atoms with E-state index in [1.165, 1.54) is 12.1 Å². The van der Waals surface area contributed by atoms with E-state index in [9.17, 15) is 15.0 Å². The average molecular weight is 239 g/mol. The summed E-state index contributed by atoms with van der Waals surface area (Å²) in [6.45, 7) is 2.01. The molecule has 1 rings (SSSR count). The van der Waals surface area contributed by atoms with E-state index < -0.39 is 18.2 Å². The number of aromatic carboxylic acids is 1. The zero-order valence-corrected chi connectivity index (χ0v) is 9.63. The Morgan fingerprint density at radius 2 is 2.06 bits per heavy atom. The third-order valence-corrected chi connectivity index (χ3v) is 2.67. The highest BCUT2D eigenvalue weighted by atomic mass is 16.4. The molecule has 0 aromatic heterocycles. The molecule has 94 valence electrons. The first kappa shape index (κ1) is 13.6. The molecule has 5 nitrogen and oxygen atoms in total. The molecule has 0 heterocycles. The van der Waals surface area contributed by atoms with E-state index in [2.05, 4.69) is 0 Å². The number of hydrogen-bond acceptors (Lipinski definition) is 4. The molecule has 0 radical (unpaired) electrons.